The first-order valence-corrected chi connectivity index (χ1v) is 3.77. The van der Waals surface area contributed by atoms with Crippen LogP contribution in [0.3, 0.4) is 0 Å². The van der Waals surface area contributed by atoms with Gasteiger partial charge in [0.15, 0.2) is 0 Å². The Bertz CT molecular complexity index is 161. The molecule has 0 atom stereocenters. The molecule has 1 heterocycles. The van der Waals surface area contributed by atoms with Crippen LogP contribution in [0.5, 0.6) is 0 Å². The molecule has 0 aromatic carbocycles. The van der Waals surface area contributed by atoms with E-state index >= 15 is 0 Å². The zero-order valence-corrected chi connectivity index (χ0v) is 7.56. The first kappa shape index (κ1) is 9.88. The van der Waals surface area contributed by atoms with Crippen molar-refractivity contribution < 1.29 is 4.74 Å². The van der Waals surface area contributed by atoms with Crippen molar-refractivity contribution in [3.63, 3.8) is 0 Å². The number of methoxy groups -OCH3 is 1. The van der Waals surface area contributed by atoms with Gasteiger partial charge in [-0.2, -0.15) is 0 Å². The molecule has 0 aliphatic carbocycles. The monoisotopic (exact) mass is 156 g/mol. The minimum Gasteiger partial charge on any atom is -0.481 e. The van der Waals surface area contributed by atoms with Gasteiger partial charge in [-0.3, -0.25) is 5.43 Å². The quantitative estimate of drug-likeness (QED) is 0.603. The minimum atomic E-state index is 0.745. The summed E-state index contributed by atoms with van der Waals surface area (Å²) < 4.78 is 4.91. The SMILES string of the molecule is CC.COC1=CC(C)=CNN1. The van der Waals surface area contributed by atoms with E-state index in [0.29, 0.717) is 0 Å². The third-order valence-corrected chi connectivity index (χ3v) is 1.07. The van der Waals surface area contributed by atoms with Crippen LogP contribution in [0.1, 0.15) is 20.8 Å². The molecule has 1 aliphatic heterocycles. The fourth-order valence-electron chi connectivity index (χ4n) is 0.616. The Labute approximate surface area is 68.1 Å². The predicted molar refractivity (Wildman–Crippen MR) is 46.5 cm³/mol. The van der Waals surface area contributed by atoms with Gasteiger partial charge in [0.1, 0.15) is 0 Å². The molecule has 2 N–H and O–H groups in total. The van der Waals surface area contributed by atoms with E-state index in [-0.39, 0.29) is 0 Å². The Hall–Kier alpha value is -1.12. The summed E-state index contributed by atoms with van der Waals surface area (Å²) in [4.78, 5) is 0. The van der Waals surface area contributed by atoms with Gasteiger partial charge >= 0.3 is 0 Å². The molecule has 64 valence electrons. The molecule has 0 saturated heterocycles. The van der Waals surface area contributed by atoms with Crippen molar-refractivity contribution in [2.75, 3.05) is 7.11 Å². The van der Waals surface area contributed by atoms with E-state index in [1.165, 1.54) is 0 Å². The molecular weight excluding hydrogens is 140 g/mol. The highest BCUT2D eigenvalue weighted by molar-refractivity contribution is 5.19. The van der Waals surface area contributed by atoms with Crippen molar-refractivity contribution >= 4 is 0 Å². The molecule has 0 aromatic heterocycles. The van der Waals surface area contributed by atoms with Crippen LogP contribution in [-0.4, -0.2) is 7.11 Å². The maximum Gasteiger partial charge on any atom is 0.205 e. The fourth-order valence-corrected chi connectivity index (χ4v) is 0.616. The van der Waals surface area contributed by atoms with E-state index in [1.54, 1.807) is 7.11 Å². The highest BCUT2D eigenvalue weighted by Gasteiger charge is 1.97. The molecule has 0 radical (unpaired) electrons. The maximum absolute atomic E-state index is 4.91. The van der Waals surface area contributed by atoms with Crippen molar-refractivity contribution in [2.24, 2.45) is 0 Å². The number of hydrogen-bond acceptors (Lipinski definition) is 3. The predicted octanol–water partition coefficient (Wildman–Crippen LogP) is 1.51. The van der Waals surface area contributed by atoms with E-state index in [2.05, 4.69) is 10.9 Å². The van der Waals surface area contributed by atoms with Gasteiger partial charge in [0, 0.05) is 12.3 Å². The zero-order valence-electron chi connectivity index (χ0n) is 7.56. The van der Waals surface area contributed by atoms with E-state index in [0.717, 1.165) is 11.5 Å². The largest absolute Gasteiger partial charge is 0.481 e. The van der Waals surface area contributed by atoms with Gasteiger partial charge in [-0.25, -0.2) is 0 Å². The van der Waals surface area contributed by atoms with Crippen LogP contribution in [-0.2, 0) is 4.74 Å². The Balaban J connectivity index is 0.000000461. The molecule has 0 spiro atoms. The van der Waals surface area contributed by atoms with Gasteiger partial charge in [0.25, 0.3) is 0 Å². The van der Waals surface area contributed by atoms with Crippen molar-refractivity contribution in [3.05, 3.63) is 23.7 Å². The van der Waals surface area contributed by atoms with Gasteiger partial charge in [-0.1, -0.05) is 13.8 Å². The summed E-state index contributed by atoms with van der Waals surface area (Å²) in [6, 6.07) is 0. The standard InChI is InChI=1S/C6H10N2O.C2H6/c1-5-3-6(9-2)8-7-4-5;1-2/h3-4,7-8H,1-2H3;1-2H3. The molecule has 0 unspecified atom stereocenters. The lowest BCUT2D eigenvalue weighted by Gasteiger charge is -2.13. The lowest BCUT2D eigenvalue weighted by Crippen LogP contribution is -2.29. The molecule has 0 fully saturated rings. The third-order valence-electron chi connectivity index (χ3n) is 1.07. The summed E-state index contributed by atoms with van der Waals surface area (Å²) in [5, 5.41) is 0. The minimum absolute atomic E-state index is 0.745. The highest BCUT2D eigenvalue weighted by atomic mass is 16.5. The molecule has 1 aliphatic rings. The average molecular weight is 156 g/mol. The number of allylic oxidation sites excluding steroid dienone is 2. The summed E-state index contributed by atoms with van der Waals surface area (Å²) in [6.07, 6.45) is 3.78. The van der Waals surface area contributed by atoms with Crippen LogP contribution in [0.25, 0.3) is 0 Å². The van der Waals surface area contributed by atoms with Gasteiger partial charge in [0.05, 0.1) is 7.11 Å². The molecule has 3 heteroatoms. The van der Waals surface area contributed by atoms with Crippen LogP contribution >= 0.6 is 0 Å². The number of ether oxygens (including phenoxy) is 1. The van der Waals surface area contributed by atoms with Crippen molar-refractivity contribution in [1.82, 2.24) is 10.9 Å². The normalized spacial score (nSPS) is 14.2. The Kier molecular flexibility index (Phi) is 5.07. The van der Waals surface area contributed by atoms with E-state index in [1.807, 2.05) is 33.0 Å². The van der Waals surface area contributed by atoms with Gasteiger partial charge in [-0.15, -0.1) is 0 Å². The first-order valence-electron chi connectivity index (χ1n) is 3.77. The van der Waals surface area contributed by atoms with E-state index in [9.17, 15) is 0 Å². The topological polar surface area (TPSA) is 33.3 Å². The van der Waals surface area contributed by atoms with E-state index in [4.69, 9.17) is 4.74 Å². The lowest BCUT2D eigenvalue weighted by molar-refractivity contribution is 0.251. The molecular formula is C8H16N2O. The second kappa shape index (κ2) is 5.65. The second-order valence-corrected chi connectivity index (χ2v) is 1.87. The highest BCUT2D eigenvalue weighted by Crippen LogP contribution is 2.01. The van der Waals surface area contributed by atoms with Crippen LogP contribution in [0.4, 0.5) is 0 Å². The molecule has 1 rings (SSSR count). The molecule has 0 saturated carbocycles. The Morgan fingerprint density at radius 3 is 2.36 bits per heavy atom. The summed E-state index contributed by atoms with van der Waals surface area (Å²) in [5.41, 5.74) is 6.79. The first-order chi connectivity index (χ1) is 5.33. The van der Waals surface area contributed by atoms with Crippen LogP contribution in [0.15, 0.2) is 23.7 Å². The molecule has 3 nitrogen and oxygen atoms in total. The summed E-state index contributed by atoms with van der Waals surface area (Å²) in [7, 11) is 1.62. The Morgan fingerprint density at radius 2 is 2.00 bits per heavy atom. The van der Waals surface area contributed by atoms with Crippen LogP contribution in [0.2, 0.25) is 0 Å². The Morgan fingerprint density at radius 1 is 1.36 bits per heavy atom. The number of rotatable bonds is 1. The molecule has 0 bridgehead atoms. The maximum atomic E-state index is 4.91. The molecule has 0 amide bonds. The summed E-state index contributed by atoms with van der Waals surface area (Å²) in [6.45, 7) is 5.99. The number of nitrogens with one attached hydrogen (secondary N) is 2. The van der Waals surface area contributed by atoms with E-state index < -0.39 is 0 Å². The zero-order chi connectivity index (χ0) is 8.69. The second-order valence-electron chi connectivity index (χ2n) is 1.87. The molecule has 0 aromatic rings. The molecule has 11 heavy (non-hydrogen) atoms. The summed E-state index contributed by atoms with van der Waals surface area (Å²) >= 11 is 0. The third kappa shape index (κ3) is 3.55. The van der Waals surface area contributed by atoms with Crippen molar-refractivity contribution in [2.45, 2.75) is 20.8 Å². The average Bonchev–Trinajstić information content (AvgIpc) is 2.08. The summed E-state index contributed by atoms with van der Waals surface area (Å²) in [5.74, 6) is 0.745. The smallest absolute Gasteiger partial charge is 0.205 e. The van der Waals surface area contributed by atoms with Crippen LogP contribution in [0, 0.1) is 0 Å². The fraction of sp³-hybridized carbons (Fsp3) is 0.500. The van der Waals surface area contributed by atoms with Gasteiger partial charge < -0.3 is 10.2 Å². The van der Waals surface area contributed by atoms with Crippen LogP contribution < -0.4 is 10.9 Å². The van der Waals surface area contributed by atoms with Crippen molar-refractivity contribution in [1.29, 1.82) is 0 Å². The van der Waals surface area contributed by atoms with Gasteiger partial charge in [0.2, 0.25) is 5.88 Å². The number of hydrogen-bond donors (Lipinski definition) is 2. The van der Waals surface area contributed by atoms with Crippen molar-refractivity contribution in [3.8, 4) is 0 Å². The lowest BCUT2D eigenvalue weighted by atomic mass is 10.3. The van der Waals surface area contributed by atoms with Gasteiger partial charge in [-0.05, 0) is 12.5 Å². The number of hydrazine groups is 1.